The van der Waals surface area contributed by atoms with Crippen molar-refractivity contribution in [2.45, 2.75) is 38.6 Å². The lowest BCUT2D eigenvalue weighted by atomic mass is 9.88. The Hall–Kier alpha value is -2.38. The lowest BCUT2D eigenvalue weighted by Gasteiger charge is -2.45. The molecule has 130 valence electrons. The summed E-state index contributed by atoms with van der Waals surface area (Å²) in [4.78, 5) is 36.5. The summed E-state index contributed by atoms with van der Waals surface area (Å²) in [5, 5.41) is 0. The molecule has 0 radical (unpaired) electrons. The number of carbonyl (C=O) groups excluding carboxylic acids is 2. The first-order valence-electron chi connectivity index (χ1n) is 8.40. The smallest absolute Gasteiger partial charge is 0.222 e. The Morgan fingerprint density at radius 1 is 1.29 bits per heavy atom. The molecule has 2 amide bonds. The Balaban J connectivity index is 1.87. The average Bonchev–Trinajstić information content (AvgIpc) is 2.57. The molecule has 1 aromatic heterocycles. The summed E-state index contributed by atoms with van der Waals surface area (Å²) in [5.74, 6) is 0.667. The quantitative estimate of drug-likeness (QED) is 0.808. The van der Waals surface area contributed by atoms with Crippen molar-refractivity contribution in [2.24, 2.45) is 11.7 Å². The zero-order valence-corrected chi connectivity index (χ0v) is 13.9. The van der Waals surface area contributed by atoms with Gasteiger partial charge in [0.1, 0.15) is 18.0 Å². The summed E-state index contributed by atoms with van der Waals surface area (Å²) in [6.07, 6.45) is 4.47. The van der Waals surface area contributed by atoms with Crippen molar-refractivity contribution in [1.29, 1.82) is 0 Å². The van der Waals surface area contributed by atoms with Gasteiger partial charge >= 0.3 is 0 Å². The normalized spacial score (nSPS) is 25.0. The molecule has 24 heavy (non-hydrogen) atoms. The van der Waals surface area contributed by atoms with E-state index < -0.39 is 0 Å². The van der Waals surface area contributed by atoms with Gasteiger partial charge in [0.05, 0.1) is 12.0 Å². The average molecular weight is 332 g/mol. The van der Waals surface area contributed by atoms with Gasteiger partial charge in [-0.1, -0.05) is 0 Å². The highest BCUT2D eigenvalue weighted by Gasteiger charge is 2.40. The van der Waals surface area contributed by atoms with E-state index in [0.717, 1.165) is 24.2 Å². The van der Waals surface area contributed by atoms with Gasteiger partial charge in [-0.15, -0.1) is 0 Å². The summed E-state index contributed by atoms with van der Waals surface area (Å²) >= 11 is 0. The monoisotopic (exact) mass is 332 g/mol. The van der Waals surface area contributed by atoms with Gasteiger partial charge in [-0.3, -0.25) is 9.59 Å². The standard InChI is InChI=1S/C16H24N6O2/c1-10-14(17)19-9-20-16(10)21-7-5-11(15(18)24)12(8-21)22-6-3-2-4-13(22)23/h9,11-12H,2-8H2,1H3,(H2,18,24)(H2,17,19,20)/t11-,12-/m0/s1. The molecule has 2 fully saturated rings. The first-order chi connectivity index (χ1) is 11.5. The Bertz CT molecular complexity index is 649. The molecule has 3 rings (SSSR count). The molecular weight excluding hydrogens is 308 g/mol. The number of piperidine rings is 2. The van der Waals surface area contributed by atoms with Crippen molar-refractivity contribution < 1.29 is 9.59 Å². The van der Waals surface area contributed by atoms with Gasteiger partial charge < -0.3 is 21.3 Å². The van der Waals surface area contributed by atoms with Crippen molar-refractivity contribution in [3.05, 3.63) is 11.9 Å². The van der Waals surface area contributed by atoms with E-state index in [1.165, 1.54) is 6.33 Å². The molecule has 2 saturated heterocycles. The van der Waals surface area contributed by atoms with Crippen LogP contribution in [0, 0.1) is 12.8 Å². The van der Waals surface area contributed by atoms with Gasteiger partial charge in [-0.2, -0.15) is 0 Å². The van der Waals surface area contributed by atoms with E-state index in [1.807, 2.05) is 11.8 Å². The van der Waals surface area contributed by atoms with Crippen molar-refractivity contribution in [3.8, 4) is 0 Å². The van der Waals surface area contributed by atoms with Gasteiger partial charge in [0.25, 0.3) is 0 Å². The van der Waals surface area contributed by atoms with E-state index in [1.54, 1.807) is 0 Å². The van der Waals surface area contributed by atoms with Crippen LogP contribution in [-0.2, 0) is 9.59 Å². The lowest BCUT2D eigenvalue weighted by molar-refractivity contribution is -0.139. The van der Waals surface area contributed by atoms with Crippen molar-refractivity contribution in [3.63, 3.8) is 0 Å². The second-order valence-electron chi connectivity index (χ2n) is 6.56. The summed E-state index contributed by atoms with van der Waals surface area (Å²) in [7, 11) is 0. The summed E-state index contributed by atoms with van der Waals surface area (Å²) < 4.78 is 0. The number of nitrogens with zero attached hydrogens (tertiary/aromatic N) is 4. The number of rotatable bonds is 3. The van der Waals surface area contributed by atoms with E-state index in [9.17, 15) is 9.59 Å². The highest BCUT2D eigenvalue weighted by Crippen LogP contribution is 2.30. The van der Waals surface area contributed by atoms with Crippen LogP contribution in [0.2, 0.25) is 0 Å². The number of anilines is 2. The lowest BCUT2D eigenvalue weighted by Crippen LogP contribution is -2.58. The molecule has 2 aliphatic heterocycles. The third kappa shape index (κ3) is 3.00. The van der Waals surface area contributed by atoms with Gasteiger partial charge in [-0.25, -0.2) is 9.97 Å². The van der Waals surface area contributed by atoms with E-state index in [0.29, 0.717) is 38.3 Å². The second-order valence-corrected chi connectivity index (χ2v) is 6.56. The maximum absolute atomic E-state index is 12.3. The zero-order chi connectivity index (χ0) is 17.3. The Kier molecular flexibility index (Phi) is 4.55. The number of likely N-dealkylation sites (tertiary alicyclic amines) is 1. The van der Waals surface area contributed by atoms with Crippen LogP contribution in [-0.4, -0.2) is 52.4 Å². The van der Waals surface area contributed by atoms with E-state index in [4.69, 9.17) is 11.5 Å². The fourth-order valence-electron chi connectivity index (χ4n) is 3.72. The van der Waals surface area contributed by atoms with Gasteiger partial charge in [0.15, 0.2) is 0 Å². The number of aromatic nitrogens is 2. The summed E-state index contributed by atoms with van der Waals surface area (Å²) in [5.41, 5.74) is 12.3. The van der Waals surface area contributed by atoms with Crippen LogP contribution in [0.25, 0.3) is 0 Å². The molecule has 0 unspecified atom stereocenters. The minimum Gasteiger partial charge on any atom is -0.383 e. The van der Waals surface area contributed by atoms with E-state index in [-0.39, 0.29) is 23.8 Å². The van der Waals surface area contributed by atoms with Crippen molar-refractivity contribution >= 4 is 23.5 Å². The third-order valence-corrected chi connectivity index (χ3v) is 5.10. The molecular formula is C16H24N6O2. The van der Waals surface area contributed by atoms with Crippen molar-refractivity contribution in [1.82, 2.24) is 14.9 Å². The Labute approximate surface area is 141 Å². The number of carbonyl (C=O) groups is 2. The van der Waals surface area contributed by atoms with Gasteiger partial charge in [0.2, 0.25) is 11.8 Å². The first-order valence-corrected chi connectivity index (χ1v) is 8.40. The Morgan fingerprint density at radius 3 is 2.79 bits per heavy atom. The van der Waals surface area contributed by atoms with Crippen LogP contribution in [0.4, 0.5) is 11.6 Å². The van der Waals surface area contributed by atoms with E-state index >= 15 is 0 Å². The molecule has 1 aromatic rings. The molecule has 8 nitrogen and oxygen atoms in total. The van der Waals surface area contributed by atoms with Gasteiger partial charge in [0, 0.05) is 31.6 Å². The zero-order valence-electron chi connectivity index (χ0n) is 13.9. The molecule has 8 heteroatoms. The molecule has 0 spiro atoms. The first kappa shape index (κ1) is 16.5. The SMILES string of the molecule is Cc1c(N)ncnc1N1CC[C@H](C(N)=O)[C@@H](N2CCCCC2=O)C1. The number of nitrogens with two attached hydrogens (primary N) is 2. The fourth-order valence-corrected chi connectivity index (χ4v) is 3.72. The molecule has 2 atom stereocenters. The highest BCUT2D eigenvalue weighted by molar-refractivity contribution is 5.81. The maximum Gasteiger partial charge on any atom is 0.222 e. The van der Waals surface area contributed by atoms with Gasteiger partial charge in [-0.05, 0) is 26.2 Å². The largest absolute Gasteiger partial charge is 0.383 e. The minimum atomic E-state index is -0.336. The summed E-state index contributed by atoms with van der Waals surface area (Å²) in [6, 6.07) is -0.209. The Morgan fingerprint density at radius 2 is 2.08 bits per heavy atom. The summed E-state index contributed by atoms with van der Waals surface area (Å²) in [6.45, 7) is 3.76. The molecule has 2 aliphatic rings. The van der Waals surface area contributed by atoms with Crippen LogP contribution < -0.4 is 16.4 Å². The van der Waals surface area contributed by atoms with Crippen molar-refractivity contribution in [2.75, 3.05) is 30.3 Å². The minimum absolute atomic E-state index is 0.110. The number of amides is 2. The molecule has 3 heterocycles. The maximum atomic E-state index is 12.3. The second kappa shape index (κ2) is 6.62. The number of primary amides is 1. The van der Waals surface area contributed by atoms with Crippen LogP contribution in [0.5, 0.6) is 0 Å². The predicted molar refractivity (Wildman–Crippen MR) is 90.0 cm³/mol. The molecule has 0 aliphatic carbocycles. The molecule has 0 saturated carbocycles. The number of hydrogen-bond donors (Lipinski definition) is 2. The molecule has 0 aromatic carbocycles. The molecule has 0 bridgehead atoms. The topological polar surface area (TPSA) is 118 Å². The van der Waals surface area contributed by atoms with Crippen LogP contribution in [0.1, 0.15) is 31.2 Å². The van der Waals surface area contributed by atoms with Crippen LogP contribution >= 0.6 is 0 Å². The number of hydrogen-bond acceptors (Lipinski definition) is 6. The number of nitrogen functional groups attached to an aromatic ring is 1. The highest BCUT2D eigenvalue weighted by atomic mass is 16.2. The third-order valence-electron chi connectivity index (χ3n) is 5.10. The molecule has 4 N–H and O–H groups in total. The fraction of sp³-hybridized carbons (Fsp3) is 0.625. The predicted octanol–water partition coefficient (Wildman–Crippen LogP) is 0.0599. The van der Waals surface area contributed by atoms with E-state index in [2.05, 4.69) is 14.9 Å². The van der Waals surface area contributed by atoms with Crippen LogP contribution in [0.3, 0.4) is 0 Å². The van der Waals surface area contributed by atoms with Crippen LogP contribution in [0.15, 0.2) is 6.33 Å².